The van der Waals surface area contributed by atoms with Crippen LogP contribution in [0, 0.1) is 5.82 Å². The van der Waals surface area contributed by atoms with E-state index in [2.05, 4.69) is 10.3 Å². The molecule has 132 valence electrons. The van der Waals surface area contributed by atoms with E-state index in [1.54, 1.807) is 18.6 Å². The van der Waals surface area contributed by atoms with Crippen LogP contribution >= 0.6 is 0 Å². The quantitative estimate of drug-likeness (QED) is 0.931. The number of halogens is 1. The summed E-state index contributed by atoms with van der Waals surface area (Å²) in [6, 6.07) is 5.08. The largest absolute Gasteiger partial charge is 0.335 e. The van der Waals surface area contributed by atoms with E-state index in [0.29, 0.717) is 0 Å². The van der Waals surface area contributed by atoms with E-state index in [9.17, 15) is 9.18 Å². The predicted octanol–water partition coefficient (Wildman–Crippen LogP) is 3.27. The molecule has 1 saturated heterocycles. The van der Waals surface area contributed by atoms with E-state index < -0.39 is 0 Å². The average Bonchev–Trinajstić information content (AvgIpc) is 3.27. The SMILES string of the molecule is O=C(N[C@@H]1CCCc2cc(F)ccc21)N1CCC[C@@H]1Cn1ccnc1. The molecule has 1 aliphatic carbocycles. The van der Waals surface area contributed by atoms with Gasteiger partial charge >= 0.3 is 6.03 Å². The summed E-state index contributed by atoms with van der Waals surface area (Å²) in [6.45, 7) is 1.56. The number of carbonyl (C=O) groups is 1. The van der Waals surface area contributed by atoms with Crippen LogP contribution in [0.1, 0.15) is 42.9 Å². The van der Waals surface area contributed by atoms with Crippen LogP contribution in [-0.4, -0.2) is 33.1 Å². The molecule has 25 heavy (non-hydrogen) atoms. The van der Waals surface area contributed by atoms with Crippen LogP contribution in [0.2, 0.25) is 0 Å². The summed E-state index contributed by atoms with van der Waals surface area (Å²) in [5, 5.41) is 3.19. The highest BCUT2D eigenvalue weighted by Crippen LogP contribution is 2.31. The first-order chi connectivity index (χ1) is 12.2. The zero-order valence-corrected chi connectivity index (χ0v) is 14.2. The lowest BCUT2D eigenvalue weighted by Crippen LogP contribution is -2.46. The topological polar surface area (TPSA) is 50.2 Å². The molecule has 0 radical (unpaired) electrons. The molecule has 2 aliphatic rings. The number of nitrogens with zero attached hydrogens (tertiary/aromatic N) is 3. The Morgan fingerprint density at radius 2 is 2.24 bits per heavy atom. The van der Waals surface area contributed by atoms with Gasteiger partial charge < -0.3 is 14.8 Å². The molecule has 0 spiro atoms. The zero-order valence-electron chi connectivity index (χ0n) is 14.2. The maximum atomic E-state index is 13.5. The molecule has 2 aromatic rings. The molecule has 2 heterocycles. The third-order valence-corrected chi connectivity index (χ3v) is 5.34. The molecule has 4 rings (SSSR count). The molecule has 1 aromatic carbocycles. The van der Waals surface area contributed by atoms with Crippen molar-refractivity contribution in [2.75, 3.05) is 6.54 Å². The highest BCUT2D eigenvalue weighted by Gasteiger charge is 2.31. The summed E-state index contributed by atoms with van der Waals surface area (Å²) in [7, 11) is 0. The Morgan fingerprint density at radius 3 is 3.08 bits per heavy atom. The van der Waals surface area contributed by atoms with Gasteiger partial charge in [0.1, 0.15) is 5.82 Å². The van der Waals surface area contributed by atoms with E-state index in [1.807, 2.05) is 21.7 Å². The number of carbonyl (C=O) groups excluding carboxylic acids is 1. The highest BCUT2D eigenvalue weighted by molar-refractivity contribution is 5.75. The van der Waals surface area contributed by atoms with Gasteiger partial charge in [-0.2, -0.15) is 0 Å². The minimum Gasteiger partial charge on any atom is -0.335 e. The molecular weight excluding hydrogens is 319 g/mol. The van der Waals surface area contributed by atoms with Gasteiger partial charge in [-0.15, -0.1) is 0 Å². The van der Waals surface area contributed by atoms with Gasteiger partial charge in [-0.1, -0.05) is 6.07 Å². The van der Waals surface area contributed by atoms with Gasteiger partial charge in [0.25, 0.3) is 0 Å². The van der Waals surface area contributed by atoms with E-state index in [4.69, 9.17) is 0 Å². The van der Waals surface area contributed by atoms with Gasteiger partial charge in [0, 0.05) is 25.5 Å². The number of nitrogens with one attached hydrogen (secondary N) is 1. The number of hydrogen-bond donors (Lipinski definition) is 1. The highest BCUT2D eigenvalue weighted by atomic mass is 19.1. The van der Waals surface area contributed by atoms with Crippen molar-refractivity contribution in [1.29, 1.82) is 0 Å². The molecule has 1 aromatic heterocycles. The fourth-order valence-corrected chi connectivity index (χ4v) is 4.10. The Balaban J connectivity index is 1.45. The van der Waals surface area contributed by atoms with Gasteiger partial charge in [-0.05, 0) is 55.4 Å². The molecule has 0 unspecified atom stereocenters. The second-order valence-corrected chi connectivity index (χ2v) is 6.99. The fourth-order valence-electron chi connectivity index (χ4n) is 4.10. The monoisotopic (exact) mass is 342 g/mol. The molecule has 1 N–H and O–H groups in total. The molecule has 5 nitrogen and oxygen atoms in total. The lowest BCUT2D eigenvalue weighted by molar-refractivity contribution is 0.182. The number of fused-ring (bicyclic) bond motifs is 1. The van der Waals surface area contributed by atoms with Crippen LogP contribution in [0.4, 0.5) is 9.18 Å². The summed E-state index contributed by atoms with van der Waals surface area (Å²) in [5.74, 6) is -0.203. The number of aryl methyl sites for hydroxylation is 1. The van der Waals surface area contributed by atoms with Crippen LogP contribution in [0.3, 0.4) is 0 Å². The van der Waals surface area contributed by atoms with Gasteiger partial charge in [0.2, 0.25) is 0 Å². The van der Waals surface area contributed by atoms with E-state index in [1.165, 1.54) is 6.07 Å². The van der Waals surface area contributed by atoms with Crippen LogP contribution in [0.15, 0.2) is 36.9 Å². The summed E-state index contributed by atoms with van der Waals surface area (Å²) in [6.07, 6.45) is 10.3. The second-order valence-electron chi connectivity index (χ2n) is 6.99. The average molecular weight is 342 g/mol. The predicted molar refractivity (Wildman–Crippen MR) is 92.6 cm³/mol. The molecule has 0 saturated carbocycles. The number of aromatic nitrogens is 2. The smallest absolute Gasteiger partial charge is 0.318 e. The Hall–Kier alpha value is -2.37. The first kappa shape index (κ1) is 16.1. The van der Waals surface area contributed by atoms with Crippen molar-refractivity contribution >= 4 is 6.03 Å². The lowest BCUT2D eigenvalue weighted by Gasteiger charge is -2.31. The first-order valence-corrected chi connectivity index (χ1v) is 9.02. The number of urea groups is 1. The minimum absolute atomic E-state index is 0.00945. The molecular formula is C19H23FN4O. The van der Waals surface area contributed by atoms with Gasteiger partial charge in [-0.3, -0.25) is 0 Å². The fraction of sp³-hybridized carbons (Fsp3) is 0.474. The van der Waals surface area contributed by atoms with Crippen molar-refractivity contribution in [3.8, 4) is 0 Å². The molecule has 0 bridgehead atoms. The Morgan fingerprint density at radius 1 is 1.32 bits per heavy atom. The van der Waals surface area contributed by atoms with Crippen molar-refractivity contribution in [3.05, 3.63) is 53.9 Å². The first-order valence-electron chi connectivity index (χ1n) is 9.02. The van der Waals surface area contributed by atoms with Crippen molar-refractivity contribution in [3.63, 3.8) is 0 Å². The van der Waals surface area contributed by atoms with Crippen LogP contribution in [0.25, 0.3) is 0 Å². The summed E-state index contributed by atoms with van der Waals surface area (Å²) in [5.41, 5.74) is 2.08. The number of amides is 2. The second kappa shape index (κ2) is 6.86. The van der Waals surface area contributed by atoms with Crippen LogP contribution in [0.5, 0.6) is 0 Å². The number of hydrogen-bond acceptors (Lipinski definition) is 2. The maximum absolute atomic E-state index is 13.5. The van der Waals surface area contributed by atoms with Gasteiger partial charge in [-0.25, -0.2) is 14.2 Å². The Labute approximate surface area is 146 Å². The number of benzene rings is 1. The summed E-state index contributed by atoms with van der Waals surface area (Å²) >= 11 is 0. The Kier molecular flexibility index (Phi) is 4.42. The maximum Gasteiger partial charge on any atom is 0.318 e. The van der Waals surface area contributed by atoms with Crippen molar-refractivity contribution in [1.82, 2.24) is 19.8 Å². The van der Waals surface area contributed by atoms with E-state index >= 15 is 0 Å². The molecule has 2 amide bonds. The van der Waals surface area contributed by atoms with Crippen LogP contribution < -0.4 is 5.32 Å². The zero-order chi connectivity index (χ0) is 17.2. The van der Waals surface area contributed by atoms with Gasteiger partial charge in [0.15, 0.2) is 0 Å². The van der Waals surface area contributed by atoms with E-state index in [-0.39, 0.29) is 23.9 Å². The molecule has 1 fully saturated rings. The Bertz CT molecular complexity index is 746. The van der Waals surface area contributed by atoms with Gasteiger partial charge in [0.05, 0.1) is 18.4 Å². The number of rotatable bonds is 3. The summed E-state index contributed by atoms with van der Waals surface area (Å²) < 4.78 is 15.5. The summed E-state index contributed by atoms with van der Waals surface area (Å²) in [4.78, 5) is 18.9. The number of likely N-dealkylation sites (tertiary alicyclic amines) is 1. The number of imidazole rings is 1. The third-order valence-electron chi connectivity index (χ3n) is 5.34. The standard InChI is InChI=1S/C19H23FN4O/c20-15-6-7-17-14(11-15)3-1-5-18(17)22-19(25)24-9-2-4-16(24)12-23-10-8-21-13-23/h6-8,10-11,13,16,18H,1-5,9,12H2,(H,22,25)/t16-,18-/m1/s1. The molecule has 6 heteroatoms. The lowest BCUT2D eigenvalue weighted by atomic mass is 9.87. The van der Waals surface area contributed by atoms with Crippen LogP contribution in [-0.2, 0) is 13.0 Å². The third kappa shape index (κ3) is 3.38. The van der Waals surface area contributed by atoms with Crippen molar-refractivity contribution in [2.24, 2.45) is 0 Å². The van der Waals surface area contributed by atoms with E-state index in [0.717, 1.165) is 56.3 Å². The molecule has 2 atom stereocenters. The van der Waals surface area contributed by atoms with Crippen molar-refractivity contribution < 1.29 is 9.18 Å². The normalized spacial score (nSPS) is 22.7. The van der Waals surface area contributed by atoms with Crippen molar-refractivity contribution in [2.45, 2.75) is 50.7 Å². The minimum atomic E-state index is -0.203. The molecule has 1 aliphatic heterocycles.